The number of pyridine rings is 2. The Hall–Kier alpha value is -3.68. The number of fused-ring (bicyclic) bond motifs is 3. The van der Waals surface area contributed by atoms with Crippen LogP contribution in [0.1, 0.15) is 5.56 Å². The molecule has 8 heteroatoms. The lowest BCUT2D eigenvalue weighted by molar-refractivity contribution is -0.137. The van der Waals surface area contributed by atoms with Crippen LogP contribution in [0.15, 0.2) is 67.0 Å². The van der Waals surface area contributed by atoms with Crippen molar-refractivity contribution in [3.8, 4) is 0 Å². The first kappa shape index (κ1) is 17.7. The predicted molar refractivity (Wildman–Crippen MR) is 101 cm³/mol. The number of amides is 2. The summed E-state index contributed by atoms with van der Waals surface area (Å²) in [4.78, 5) is 21.0. The first-order valence-electron chi connectivity index (χ1n) is 8.29. The SMILES string of the molecule is O=C(Nc1cccc(C(F)(F)F)c1)Nc1cc2ncccc2c2cccnc12. The summed E-state index contributed by atoms with van der Waals surface area (Å²) in [5, 5.41) is 6.76. The molecule has 0 saturated heterocycles. The number of alkyl halides is 3. The topological polar surface area (TPSA) is 66.9 Å². The van der Waals surface area contributed by atoms with Gasteiger partial charge in [-0.05, 0) is 36.4 Å². The van der Waals surface area contributed by atoms with Gasteiger partial charge >= 0.3 is 12.2 Å². The lowest BCUT2D eigenvalue weighted by Gasteiger charge is -2.12. The van der Waals surface area contributed by atoms with Gasteiger partial charge in [-0.2, -0.15) is 13.2 Å². The van der Waals surface area contributed by atoms with Gasteiger partial charge in [0.1, 0.15) is 0 Å². The van der Waals surface area contributed by atoms with Crippen LogP contribution in [0.4, 0.5) is 29.3 Å². The number of carbonyl (C=O) groups excluding carboxylic acids is 1. The molecule has 0 atom stereocenters. The van der Waals surface area contributed by atoms with Gasteiger partial charge in [0, 0.05) is 28.9 Å². The van der Waals surface area contributed by atoms with Gasteiger partial charge in [-0.15, -0.1) is 0 Å². The third-order valence-corrected chi connectivity index (χ3v) is 4.17. The quantitative estimate of drug-likeness (QED) is 0.453. The lowest BCUT2D eigenvalue weighted by atomic mass is 10.1. The second-order valence-electron chi connectivity index (χ2n) is 6.05. The molecular formula is C20H13F3N4O. The van der Waals surface area contributed by atoms with Crippen LogP contribution in [0, 0.1) is 0 Å². The van der Waals surface area contributed by atoms with Crippen LogP contribution < -0.4 is 10.6 Å². The van der Waals surface area contributed by atoms with Crippen LogP contribution in [0.25, 0.3) is 21.8 Å². The number of nitrogens with one attached hydrogen (secondary N) is 2. The molecule has 0 bridgehead atoms. The molecule has 2 amide bonds. The summed E-state index contributed by atoms with van der Waals surface area (Å²) in [6.07, 6.45) is -1.25. The van der Waals surface area contributed by atoms with Crippen molar-refractivity contribution in [3.63, 3.8) is 0 Å². The van der Waals surface area contributed by atoms with Gasteiger partial charge in [-0.3, -0.25) is 9.97 Å². The van der Waals surface area contributed by atoms with Crippen LogP contribution >= 0.6 is 0 Å². The van der Waals surface area contributed by atoms with E-state index in [4.69, 9.17) is 0 Å². The number of halogens is 3. The van der Waals surface area contributed by atoms with Crippen molar-refractivity contribution in [2.75, 3.05) is 10.6 Å². The maximum Gasteiger partial charge on any atom is 0.416 e. The molecule has 2 N–H and O–H groups in total. The predicted octanol–water partition coefficient (Wildman–Crippen LogP) is 5.45. The molecule has 0 aliphatic carbocycles. The van der Waals surface area contributed by atoms with E-state index in [1.54, 1.807) is 24.5 Å². The van der Waals surface area contributed by atoms with Gasteiger partial charge in [-0.1, -0.05) is 18.2 Å². The smallest absolute Gasteiger partial charge is 0.308 e. The van der Waals surface area contributed by atoms with Gasteiger partial charge in [0.05, 0.1) is 22.3 Å². The lowest BCUT2D eigenvalue weighted by Crippen LogP contribution is -2.20. The van der Waals surface area contributed by atoms with Gasteiger partial charge < -0.3 is 10.6 Å². The van der Waals surface area contributed by atoms with E-state index in [0.717, 1.165) is 22.9 Å². The highest BCUT2D eigenvalue weighted by Gasteiger charge is 2.30. The number of anilines is 2. The number of hydrogen-bond acceptors (Lipinski definition) is 3. The highest BCUT2D eigenvalue weighted by atomic mass is 19.4. The molecule has 5 nitrogen and oxygen atoms in total. The average molecular weight is 382 g/mol. The largest absolute Gasteiger partial charge is 0.416 e. The van der Waals surface area contributed by atoms with E-state index in [1.165, 1.54) is 12.1 Å². The molecule has 4 rings (SSSR count). The Balaban J connectivity index is 1.65. The Morgan fingerprint density at radius 2 is 1.61 bits per heavy atom. The van der Waals surface area contributed by atoms with Crippen molar-refractivity contribution in [3.05, 3.63) is 72.6 Å². The highest BCUT2D eigenvalue weighted by molar-refractivity contribution is 6.13. The summed E-state index contributed by atoms with van der Waals surface area (Å²) >= 11 is 0. The summed E-state index contributed by atoms with van der Waals surface area (Å²) in [5.74, 6) is 0. The summed E-state index contributed by atoms with van der Waals surface area (Å²) in [7, 11) is 0. The van der Waals surface area contributed by atoms with Gasteiger partial charge in [0.15, 0.2) is 0 Å². The molecule has 2 aromatic carbocycles. The summed E-state index contributed by atoms with van der Waals surface area (Å²) in [6, 6.07) is 12.8. The summed E-state index contributed by atoms with van der Waals surface area (Å²) < 4.78 is 38.5. The standard InChI is InChI=1S/C20H13F3N4O/c21-20(22,23)12-4-1-5-13(10-12)26-19(28)27-17-11-16-14(6-2-8-24-16)15-7-3-9-25-18(15)17/h1-11H,(H2,26,27,28). The number of urea groups is 1. The zero-order valence-electron chi connectivity index (χ0n) is 14.3. The van der Waals surface area contributed by atoms with Gasteiger partial charge in [0.2, 0.25) is 0 Å². The normalized spacial score (nSPS) is 11.5. The molecule has 0 unspecified atom stereocenters. The second kappa shape index (κ2) is 6.80. The summed E-state index contributed by atoms with van der Waals surface area (Å²) in [6.45, 7) is 0. The first-order valence-corrected chi connectivity index (χ1v) is 8.29. The van der Waals surface area contributed by atoms with Crippen LogP contribution in [-0.4, -0.2) is 16.0 Å². The van der Waals surface area contributed by atoms with Crippen molar-refractivity contribution < 1.29 is 18.0 Å². The molecule has 0 aliphatic heterocycles. The van der Waals surface area contributed by atoms with E-state index in [1.807, 2.05) is 18.2 Å². The molecule has 4 aromatic rings. The maximum absolute atomic E-state index is 12.8. The van der Waals surface area contributed by atoms with E-state index < -0.39 is 17.8 Å². The van der Waals surface area contributed by atoms with Crippen LogP contribution in [-0.2, 0) is 6.18 Å². The summed E-state index contributed by atoms with van der Waals surface area (Å²) in [5.41, 5.74) is 0.821. The van der Waals surface area contributed by atoms with Crippen molar-refractivity contribution in [2.24, 2.45) is 0 Å². The molecule has 0 fully saturated rings. The molecule has 0 spiro atoms. The van der Waals surface area contributed by atoms with E-state index in [9.17, 15) is 18.0 Å². The van der Waals surface area contributed by atoms with Gasteiger partial charge in [-0.25, -0.2) is 4.79 Å². The third-order valence-electron chi connectivity index (χ3n) is 4.17. The maximum atomic E-state index is 12.8. The zero-order chi connectivity index (χ0) is 19.7. The zero-order valence-corrected chi connectivity index (χ0v) is 14.3. The highest BCUT2D eigenvalue weighted by Crippen LogP contribution is 2.31. The fourth-order valence-electron chi connectivity index (χ4n) is 2.96. The fourth-order valence-corrected chi connectivity index (χ4v) is 2.96. The van der Waals surface area contributed by atoms with Crippen molar-refractivity contribution in [1.82, 2.24) is 9.97 Å². The van der Waals surface area contributed by atoms with Crippen molar-refractivity contribution in [2.45, 2.75) is 6.18 Å². The monoisotopic (exact) mass is 382 g/mol. The molecule has 140 valence electrons. The number of carbonyl (C=O) groups is 1. The number of rotatable bonds is 2. The molecule has 0 radical (unpaired) electrons. The molecule has 0 saturated carbocycles. The number of aromatic nitrogens is 2. The van der Waals surface area contributed by atoms with E-state index in [0.29, 0.717) is 16.7 Å². The minimum Gasteiger partial charge on any atom is -0.308 e. The minimum absolute atomic E-state index is 0.0310. The van der Waals surface area contributed by atoms with Gasteiger partial charge in [0.25, 0.3) is 0 Å². The molecule has 2 heterocycles. The number of hydrogen-bond donors (Lipinski definition) is 2. The fraction of sp³-hybridized carbons (Fsp3) is 0.0500. The molecular weight excluding hydrogens is 369 g/mol. The van der Waals surface area contributed by atoms with Crippen LogP contribution in [0.5, 0.6) is 0 Å². The minimum atomic E-state index is -4.49. The van der Waals surface area contributed by atoms with Crippen LogP contribution in [0.2, 0.25) is 0 Å². The Morgan fingerprint density at radius 3 is 2.39 bits per heavy atom. The number of nitrogens with zero attached hydrogens (tertiary/aromatic N) is 2. The first-order chi connectivity index (χ1) is 13.4. The van der Waals surface area contributed by atoms with E-state index in [-0.39, 0.29) is 5.69 Å². The molecule has 0 aliphatic rings. The average Bonchev–Trinajstić information content (AvgIpc) is 2.68. The Morgan fingerprint density at radius 1 is 0.857 bits per heavy atom. The Bertz CT molecular complexity index is 1190. The van der Waals surface area contributed by atoms with E-state index in [2.05, 4.69) is 20.6 Å². The Labute approximate surface area is 157 Å². The van der Waals surface area contributed by atoms with Crippen molar-refractivity contribution >= 4 is 39.2 Å². The molecule has 28 heavy (non-hydrogen) atoms. The third kappa shape index (κ3) is 3.44. The number of benzene rings is 2. The van der Waals surface area contributed by atoms with Crippen molar-refractivity contribution in [1.29, 1.82) is 0 Å². The van der Waals surface area contributed by atoms with E-state index >= 15 is 0 Å². The second-order valence-corrected chi connectivity index (χ2v) is 6.05. The molecule has 2 aromatic heterocycles. The Kier molecular flexibility index (Phi) is 4.31. The van der Waals surface area contributed by atoms with Crippen LogP contribution in [0.3, 0.4) is 0 Å².